The molecular formula is C20H27N3O6S. The predicted molar refractivity (Wildman–Crippen MR) is 111 cm³/mol. The van der Waals surface area contributed by atoms with Crippen LogP contribution in [0.3, 0.4) is 0 Å². The molecule has 0 saturated carbocycles. The first-order valence-electron chi connectivity index (χ1n) is 10.3. The van der Waals surface area contributed by atoms with Crippen molar-refractivity contribution < 1.29 is 27.4 Å². The summed E-state index contributed by atoms with van der Waals surface area (Å²) in [6, 6.07) is 4.91. The van der Waals surface area contributed by atoms with E-state index in [1.165, 1.54) is 16.6 Å². The molecule has 1 N–H and O–H groups in total. The van der Waals surface area contributed by atoms with Gasteiger partial charge < -0.3 is 24.4 Å². The molecule has 0 bridgehead atoms. The average Bonchev–Trinajstić information content (AvgIpc) is 2.81. The smallest absolute Gasteiger partial charge is 0.294 e. The lowest BCUT2D eigenvalue weighted by Crippen LogP contribution is -2.37. The van der Waals surface area contributed by atoms with Gasteiger partial charge in [-0.15, -0.1) is 0 Å². The SMILES string of the molecule is O=C(Nc1cc(S(=O)(=O)N2CCCCC2)ccc1N1CCOCC1)C1=COCCO1. The van der Waals surface area contributed by atoms with Crippen molar-refractivity contribution in [1.29, 1.82) is 0 Å². The van der Waals surface area contributed by atoms with Crippen LogP contribution in [-0.2, 0) is 29.0 Å². The minimum atomic E-state index is -3.62. The molecule has 164 valence electrons. The number of anilines is 2. The highest BCUT2D eigenvalue weighted by Gasteiger charge is 2.28. The van der Waals surface area contributed by atoms with Crippen molar-refractivity contribution in [2.24, 2.45) is 0 Å². The van der Waals surface area contributed by atoms with Gasteiger partial charge in [0, 0.05) is 26.2 Å². The molecule has 0 spiro atoms. The third-order valence-corrected chi connectivity index (χ3v) is 7.29. The van der Waals surface area contributed by atoms with E-state index < -0.39 is 15.9 Å². The van der Waals surface area contributed by atoms with E-state index >= 15 is 0 Å². The highest BCUT2D eigenvalue weighted by Crippen LogP contribution is 2.32. The van der Waals surface area contributed by atoms with E-state index in [-0.39, 0.29) is 10.7 Å². The zero-order valence-electron chi connectivity index (χ0n) is 16.8. The molecular weight excluding hydrogens is 410 g/mol. The second-order valence-corrected chi connectivity index (χ2v) is 9.34. The van der Waals surface area contributed by atoms with E-state index in [4.69, 9.17) is 14.2 Å². The molecule has 1 aromatic rings. The van der Waals surface area contributed by atoms with E-state index in [0.717, 1.165) is 24.9 Å². The molecule has 0 aromatic heterocycles. The zero-order chi connectivity index (χ0) is 21.0. The maximum atomic E-state index is 13.1. The Kier molecular flexibility index (Phi) is 6.45. The van der Waals surface area contributed by atoms with Gasteiger partial charge in [-0.05, 0) is 31.0 Å². The summed E-state index contributed by atoms with van der Waals surface area (Å²) < 4.78 is 43.7. The van der Waals surface area contributed by atoms with Crippen LogP contribution in [0.1, 0.15) is 19.3 Å². The molecule has 4 rings (SSSR count). The number of sulfonamides is 1. The largest absolute Gasteiger partial charge is 0.494 e. The molecule has 2 fully saturated rings. The Morgan fingerprint density at radius 1 is 0.967 bits per heavy atom. The second kappa shape index (κ2) is 9.23. The van der Waals surface area contributed by atoms with Crippen molar-refractivity contribution in [3.63, 3.8) is 0 Å². The number of nitrogens with zero attached hydrogens (tertiary/aromatic N) is 2. The third kappa shape index (κ3) is 4.55. The van der Waals surface area contributed by atoms with Gasteiger partial charge in [0.25, 0.3) is 5.91 Å². The first-order chi connectivity index (χ1) is 14.6. The Morgan fingerprint density at radius 2 is 1.73 bits per heavy atom. The first kappa shape index (κ1) is 21.0. The number of hydrogen-bond acceptors (Lipinski definition) is 7. The Morgan fingerprint density at radius 3 is 2.43 bits per heavy atom. The van der Waals surface area contributed by atoms with Crippen LogP contribution in [0, 0.1) is 0 Å². The van der Waals surface area contributed by atoms with Crippen LogP contribution in [0.15, 0.2) is 35.1 Å². The Labute approximate surface area is 176 Å². The van der Waals surface area contributed by atoms with E-state index in [2.05, 4.69) is 10.2 Å². The van der Waals surface area contributed by atoms with Crippen molar-refractivity contribution in [3.8, 4) is 0 Å². The predicted octanol–water partition coefficient (Wildman–Crippen LogP) is 1.52. The van der Waals surface area contributed by atoms with Crippen LogP contribution >= 0.6 is 0 Å². The highest BCUT2D eigenvalue weighted by molar-refractivity contribution is 7.89. The maximum Gasteiger partial charge on any atom is 0.294 e. The summed E-state index contributed by atoms with van der Waals surface area (Å²) in [7, 11) is -3.62. The standard InChI is InChI=1S/C20H27N3O6S/c24-20(19-15-28-12-13-29-19)21-17-14-16(30(25,26)23-6-2-1-3-7-23)4-5-18(17)22-8-10-27-11-9-22/h4-5,14-15H,1-3,6-13H2,(H,21,24). The van der Waals surface area contributed by atoms with Crippen molar-refractivity contribution in [1.82, 2.24) is 4.31 Å². The number of ether oxygens (including phenoxy) is 3. The van der Waals surface area contributed by atoms with E-state index in [1.54, 1.807) is 12.1 Å². The van der Waals surface area contributed by atoms with Crippen LogP contribution in [0.4, 0.5) is 11.4 Å². The summed E-state index contributed by atoms with van der Waals surface area (Å²) >= 11 is 0. The molecule has 3 aliphatic heterocycles. The molecule has 0 unspecified atom stereocenters. The molecule has 0 atom stereocenters. The quantitative estimate of drug-likeness (QED) is 0.746. The van der Waals surface area contributed by atoms with Gasteiger partial charge in [-0.1, -0.05) is 6.42 Å². The first-order valence-corrected chi connectivity index (χ1v) is 11.7. The lowest BCUT2D eigenvalue weighted by Gasteiger charge is -2.31. The number of hydrogen-bond donors (Lipinski definition) is 1. The lowest BCUT2D eigenvalue weighted by molar-refractivity contribution is -0.117. The highest BCUT2D eigenvalue weighted by atomic mass is 32.2. The Hall–Kier alpha value is -2.30. The van der Waals surface area contributed by atoms with E-state index in [0.29, 0.717) is 58.3 Å². The van der Waals surface area contributed by atoms with Crippen LogP contribution < -0.4 is 10.2 Å². The number of morpholine rings is 1. The zero-order valence-corrected chi connectivity index (χ0v) is 17.7. The lowest BCUT2D eigenvalue weighted by atomic mass is 10.2. The Bertz CT molecular complexity index is 905. The topological polar surface area (TPSA) is 97.4 Å². The number of rotatable bonds is 5. The molecule has 3 heterocycles. The normalized spacial score (nSPS) is 20.7. The minimum absolute atomic E-state index is 0.0680. The van der Waals surface area contributed by atoms with Crippen LogP contribution in [0.25, 0.3) is 0 Å². The van der Waals surface area contributed by atoms with Gasteiger partial charge >= 0.3 is 0 Å². The van der Waals surface area contributed by atoms with Crippen molar-refractivity contribution in [2.45, 2.75) is 24.2 Å². The van der Waals surface area contributed by atoms with E-state index in [9.17, 15) is 13.2 Å². The van der Waals surface area contributed by atoms with E-state index in [1.807, 2.05) is 0 Å². The fourth-order valence-electron chi connectivity index (χ4n) is 3.78. The van der Waals surface area contributed by atoms with Crippen molar-refractivity contribution >= 4 is 27.3 Å². The van der Waals surface area contributed by atoms with Crippen molar-refractivity contribution in [2.75, 3.05) is 62.8 Å². The number of benzene rings is 1. The molecule has 1 aromatic carbocycles. The molecule has 30 heavy (non-hydrogen) atoms. The summed E-state index contributed by atoms with van der Waals surface area (Å²) in [5, 5.41) is 2.82. The molecule has 9 nitrogen and oxygen atoms in total. The molecule has 0 aliphatic carbocycles. The molecule has 3 aliphatic rings. The third-order valence-electron chi connectivity index (χ3n) is 5.39. The maximum absolute atomic E-state index is 13.1. The van der Waals surface area contributed by atoms with Gasteiger partial charge in [0.15, 0.2) is 0 Å². The molecule has 2 saturated heterocycles. The van der Waals surface area contributed by atoms with Gasteiger partial charge in [-0.3, -0.25) is 4.79 Å². The summed E-state index contributed by atoms with van der Waals surface area (Å²) in [5.74, 6) is -0.407. The number of carbonyl (C=O) groups excluding carboxylic acids is 1. The summed E-state index contributed by atoms with van der Waals surface area (Å²) in [6.45, 7) is 4.18. The number of nitrogens with one attached hydrogen (secondary N) is 1. The number of carbonyl (C=O) groups is 1. The summed E-state index contributed by atoms with van der Waals surface area (Å²) in [4.78, 5) is 14.9. The van der Waals surface area contributed by atoms with Gasteiger partial charge in [0.1, 0.15) is 19.5 Å². The van der Waals surface area contributed by atoms with Gasteiger partial charge in [0.2, 0.25) is 15.8 Å². The monoisotopic (exact) mass is 437 g/mol. The van der Waals surface area contributed by atoms with Crippen LogP contribution in [0.5, 0.6) is 0 Å². The second-order valence-electron chi connectivity index (χ2n) is 7.40. The average molecular weight is 438 g/mol. The van der Waals surface area contributed by atoms with Gasteiger partial charge in [-0.2, -0.15) is 4.31 Å². The molecule has 1 amide bonds. The molecule has 10 heteroatoms. The van der Waals surface area contributed by atoms with Gasteiger partial charge in [-0.25, -0.2) is 8.42 Å². The summed E-state index contributed by atoms with van der Waals surface area (Å²) in [5.41, 5.74) is 1.18. The summed E-state index contributed by atoms with van der Waals surface area (Å²) in [6.07, 6.45) is 4.04. The van der Waals surface area contributed by atoms with Crippen LogP contribution in [0.2, 0.25) is 0 Å². The minimum Gasteiger partial charge on any atom is -0.494 e. The van der Waals surface area contributed by atoms with Crippen LogP contribution in [-0.4, -0.2) is 71.2 Å². The Balaban J connectivity index is 1.65. The van der Waals surface area contributed by atoms with Crippen molar-refractivity contribution in [3.05, 3.63) is 30.2 Å². The molecule has 0 radical (unpaired) electrons. The number of amides is 1. The number of piperidine rings is 1. The van der Waals surface area contributed by atoms with Gasteiger partial charge in [0.05, 0.1) is 29.5 Å². The fraction of sp³-hybridized carbons (Fsp3) is 0.550. The fourth-order valence-corrected chi connectivity index (χ4v) is 5.33.